The van der Waals surface area contributed by atoms with E-state index in [1.165, 1.54) is 4.90 Å². The van der Waals surface area contributed by atoms with Crippen LogP contribution in [0.25, 0.3) is 22.6 Å². The number of thioether (sulfide) groups is 1. The second-order valence-electron chi connectivity index (χ2n) is 3.87. The Labute approximate surface area is 110 Å². The van der Waals surface area contributed by atoms with Crippen LogP contribution in [0.1, 0.15) is 0 Å². The van der Waals surface area contributed by atoms with E-state index in [2.05, 4.69) is 30.5 Å². The summed E-state index contributed by atoms with van der Waals surface area (Å²) in [5, 5.41) is 0. The van der Waals surface area contributed by atoms with Gasteiger partial charge in [0.1, 0.15) is 0 Å². The van der Waals surface area contributed by atoms with E-state index in [1.54, 1.807) is 24.3 Å². The maximum absolute atomic E-state index is 5.52. The second-order valence-corrected chi connectivity index (χ2v) is 4.75. The van der Waals surface area contributed by atoms with Crippen LogP contribution >= 0.6 is 11.8 Å². The van der Waals surface area contributed by atoms with Crippen molar-refractivity contribution in [2.24, 2.45) is 0 Å². The molecule has 0 fully saturated rings. The van der Waals surface area contributed by atoms with Crippen LogP contribution < -0.4 is 0 Å². The molecule has 0 saturated carbocycles. The van der Waals surface area contributed by atoms with Gasteiger partial charge in [-0.15, -0.1) is 11.8 Å². The molecular weight excluding hydrogens is 244 g/mol. The van der Waals surface area contributed by atoms with Crippen LogP contribution in [0.5, 0.6) is 0 Å². The van der Waals surface area contributed by atoms with Crippen molar-refractivity contribution in [1.82, 2.24) is 0 Å². The van der Waals surface area contributed by atoms with Gasteiger partial charge in [0.25, 0.3) is 0 Å². The monoisotopic (exact) mass is 256 g/mol. The highest BCUT2D eigenvalue weighted by molar-refractivity contribution is 7.98. The van der Waals surface area contributed by atoms with Crippen LogP contribution in [0.2, 0.25) is 0 Å². The van der Waals surface area contributed by atoms with E-state index < -0.39 is 0 Å². The van der Waals surface area contributed by atoms with E-state index in [9.17, 15) is 0 Å². The average Bonchev–Trinajstić information content (AvgIpc) is 3.09. The molecule has 2 heterocycles. The lowest BCUT2D eigenvalue weighted by Gasteiger charge is -2.02. The minimum absolute atomic E-state index is 0.754. The quantitative estimate of drug-likeness (QED) is 0.621. The van der Waals surface area contributed by atoms with Crippen molar-refractivity contribution in [3.8, 4) is 22.6 Å². The molecule has 0 N–H and O–H groups in total. The van der Waals surface area contributed by atoms with Gasteiger partial charge in [0, 0.05) is 10.5 Å². The minimum atomic E-state index is 0.754. The SMILES string of the molecule is CSc1ccc(-c2ccoc2-c2ccco2)cc1. The van der Waals surface area contributed by atoms with E-state index in [4.69, 9.17) is 8.83 Å². The molecule has 18 heavy (non-hydrogen) atoms. The van der Waals surface area contributed by atoms with Gasteiger partial charge in [-0.05, 0) is 42.2 Å². The Morgan fingerprint density at radius 2 is 1.72 bits per heavy atom. The fraction of sp³-hybridized carbons (Fsp3) is 0.0667. The topological polar surface area (TPSA) is 26.3 Å². The van der Waals surface area contributed by atoms with Crippen LogP contribution in [0.4, 0.5) is 0 Å². The molecule has 0 aliphatic carbocycles. The van der Waals surface area contributed by atoms with Crippen molar-refractivity contribution >= 4 is 11.8 Å². The van der Waals surface area contributed by atoms with Gasteiger partial charge in [-0.2, -0.15) is 0 Å². The number of hydrogen-bond acceptors (Lipinski definition) is 3. The predicted octanol–water partition coefficient (Wildman–Crippen LogP) is 4.93. The highest BCUT2D eigenvalue weighted by Gasteiger charge is 2.12. The molecule has 0 aliphatic rings. The van der Waals surface area contributed by atoms with E-state index in [-0.39, 0.29) is 0 Å². The van der Waals surface area contributed by atoms with Crippen LogP contribution in [0.15, 0.2) is 68.7 Å². The average molecular weight is 256 g/mol. The number of rotatable bonds is 3. The number of furan rings is 2. The zero-order valence-corrected chi connectivity index (χ0v) is 10.7. The van der Waals surface area contributed by atoms with E-state index >= 15 is 0 Å². The molecular formula is C15H12O2S. The lowest BCUT2D eigenvalue weighted by atomic mass is 10.1. The molecule has 0 unspecified atom stereocenters. The lowest BCUT2D eigenvalue weighted by Crippen LogP contribution is -1.78. The van der Waals surface area contributed by atoms with Crippen LogP contribution in [0.3, 0.4) is 0 Å². The van der Waals surface area contributed by atoms with Crippen molar-refractivity contribution in [2.75, 3.05) is 6.26 Å². The summed E-state index contributed by atoms with van der Waals surface area (Å²) < 4.78 is 10.9. The molecule has 3 aromatic rings. The standard InChI is InChI=1S/C15H12O2S/c1-18-12-6-4-11(5-7-12)13-8-10-17-15(13)14-3-2-9-16-14/h2-10H,1H3. The largest absolute Gasteiger partial charge is 0.461 e. The molecule has 2 aromatic heterocycles. The van der Waals surface area contributed by atoms with Gasteiger partial charge in [-0.3, -0.25) is 0 Å². The molecule has 0 amide bonds. The molecule has 0 radical (unpaired) electrons. The third kappa shape index (κ3) is 1.97. The summed E-state index contributed by atoms with van der Waals surface area (Å²) in [4.78, 5) is 1.25. The van der Waals surface area contributed by atoms with Gasteiger partial charge in [-0.25, -0.2) is 0 Å². The van der Waals surface area contributed by atoms with Gasteiger partial charge < -0.3 is 8.83 Å². The van der Waals surface area contributed by atoms with Crippen LogP contribution in [0, 0.1) is 0 Å². The van der Waals surface area contributed by atoms with Gasteiger partial charge in [0.05, 0.1) is 12.5 Å². The van der Waals surface area contributed by atoms with E-state index in [0.717, 1.165) is 22.6 Å². The predicted molar refractivity (Wildman–Crippen MR) is 73.6 cm³/mol. The maximum atomic E-state index is 5.52. The fourth-order valence-electron chi connectivity index (χ4n) is 1.91. The Hall–Kier alpha value is -1.87. The maximum Gasteiger partial charge on any atom is 0.176 e. The van der Waals surface area contributed by atoms with E-state index in [1.807, 2.05) is 18.2 Å². The van der Waals surface area contributed by atoms with Crippen LogP contribution in [-0.2, 0) is 0 Å². The summed E-state index contributed by atoms with van der Waals surface area (Å²) >= 11 is 1.73. The first-order chi connectivity index (χ1) is 8.88. The number of benzene rings is 1. The molecule has 90 valence electrons. The zero-order valence-electron chi connectivity index (χ0n) is 9.92. The summed E-state index contributed by atoms with van der Waals surface area (Å²) in [6.45, 7) is 0. The smallest absolute Gasteiger partial charge is 0.176 e. The molecule has 0 bridgehead atoms. The van der Waals surface area contributed by atoms with Crippen molar-refractivity contribution < 1.29 is 8.83 Å². The van der Waals surface area contributed by atoms with E-state index in [0.29, 0.717) is 0 Å². The Morgan fingerprint density at radius 1 is 0.889 bits per heavy atom. The molecule has 0 saturated heterocycles. The van der Waals surface area contributed by atoms with Crippen molar-refractivity contribution in [3.05, 3.63) is 55.0 Å². The highest BCUT2D eigenvalue weighted by Crippen LogP contribution is 2.34. The summed E-state index contributed by atoms with van der Waals surface area (Å²) in [6.07, 6.45) is 5.41. The lowest BCUT2D eigenvalue weighted by molar-refractivity contribution is 0.525. The molecule has 0 spiro atoms. The van der Waals surface area contributed by atoms with Gasteiger partial charge >= 0.3 is 0 Å². The Bertz CT molecular complexity index is 621. The highest BCUT2D eigenvalue weighted by atomic mass is 32.2. The summed E-state index contributed by atoms with van der Waals surface area (Å²) in [7, 11) is 0. The molecule has 0 atom stereocenters. The Balaban J connectivity index is 2.04. The summed E-state index contributed by atoms with van der Waals surface area (Å²) in [5.41, 5.74) is 2.19. The Morgan fingerprint density at radius 3 is 2.39 bits per heavy atom. The first kappa shape index (κ1) is 11.2. The van der Waals surface area contributed by atoms with Crippen LogP contribution in [-0.4, -0.2) is 6.26 Å². The third-order valence-corrected chi connectivity index (χ3v) is 3.55. The van der Waals surface area contributed by atoms with Crippen molar-refractivity contribution in [3.63, 3.8) is 0 Å². The van der Waals surface area contributed by atoms with Gasteiger partial charge in [0.2, 0.25) is 0 Å². The molecule has 2 nitrogen and oxygen atoms in total. The minimum Gasteiger partial charge on any atom is -0.461 e. The van der Waals surface area contributed by atoms with Crippen molar-refractivity contribution in [1.29, 1.82) is 0 Å². The molecule has 1 aromatic carbocycles. The zero-order chi connectivity index (χ0) is 12.4. The normalized spacial score (nSPS) is 10.7. The number of hydrogen-bond donors (Lipinski definition) is 0. The molecule has 3 heteroatoms. The Kier molecular flexibility index (Phi) is 2.99. The second kappa shape index (κ2) is 4.78. The fourth-order valence-corrected chi connectivity index (χ4v) is 2.31. The summed E-state index contributed by atoms with van der Waals surface area (Å²) in [6, 6.07) is 14.1. The first-order valence-corrected chi connectivity index (χ1v) is 6.87. The van der Waals surface area contributed by atoms with Gasteiger partial charge in [-0.1, -0.05) is 12.1 Å². The first-order valence-electron chi connectivity index (χ1n) is 5.64. The molecule has 0 aliphatic heterocycles. The third-order valence-electron chi connectivity index (χ3n) is 2.81. The van der Waals surface area contributed by atoms with Gasteiger partial charge in [0.15, 0.2) is 11.5 Å². The molecule has 3 rings (SSSR count). The van der Waals surface area contributed by atoms with Crippen molar-refractivity contribution in [2.45, 2.75) is 4.90 Å². The summed E-state index contributed by atoms with van der Waals surface area (Å²) in [5.74, 6) is 1.53.